The maximum absolute atomic E-state index is 5.21. The van der Waals surface area contributed by atoms with Gasteiger partial charge in [-0.3, -0.25) is 4.90 Å². The van der Waals surface area contributed by atoms with Crippen molar-refractivity contribution in [2.24, 2.45) is 0 Å². The largest absolute Gasteiger partial charge is 0.361 e. The highest BCUT2D eigenvalue weighted by Gasteiger charge is 2.20. The smallest absolute Gasteiger partial charge is 0.202 e. The minimum atomic E-state index is 0.924. The Morgan fingerprint density at radius 2 is 2.05 bits per heavy atom. The number of imidazole rings is 1. The van der Waals surface area contributed by atoms with Gasteiger partial charge in [0.2, 0.25) is 5.95 Å². The fourth-order valence-corrected chi connectivity index (χ4v) is 2.50. The number of nitrogens with zero attached hydrogens (tertiary/aromatic N) is 4. The Balaban J connectivity index is 1.59. The van der Waals surface area contributed by atoms with Crippen molar-refractivity contribution in [3.05, 3.63) is 29.4 Å². The molecule has 0 spiro atoms. The van der Waals surface area contributed by atoms with Gasteiger partial charge in [0.1, 0.15) is 5.76 Å². The number of aromatic amines is 1. The van der Waals surface area contributed by atoms with E-state index in [9.17, 15) is 0 Å². The third-order valence-corrected chi connectivity index (χ3v) is 3.72. The molecule has 0 bridgehead atoms. The van der Waals surface area contributed by atoms with Gasteiger partial charge in [0.25, 0.3) is 0 Å². The predicted octanol–water partition coefficient (Wildman–Crippen LogP) is 1.34. The summed E-state index contributed by atoms with van der Waals surface area (Å²) in [5.74, 6) is 1.91. The van der Waals surface area contributed by atoms with Gasteiger partial charge in [-0.15, -0.1) is 0 Å². The van der Waals surface area contributed by atoms with Gasteiger partial charge < -0.3 is 14.4 Å². The molecule has 1 aliphatic rings. The minimum absolute atomic E-state index is 0.924. The van der Waals surface area contributed by atoms with E-state index in [-0.39, 0.29) is 0 Å². The van der Waals surface area contributed by atoms with Gasteiger partial charge in [0.05, 0.1) is 5.69 Å². The molecule has 19 heavy (non-hydrogen) atoms. The van der Waals surface area contributed by atoms with Crippen LogP contribution in [0.5, 0.6) is 0 Å². The zero-order valence-corrected chi connectivity index (χ0v) is 11.4. The van der Waals surface area contributed by atoms with Gasteiger partial charge in [0, 0.05) is 50.7 Å². The van der Waals surface area contributed by atoms with Crippen LogP contribution in [0.25, 0.3) is 0 Å². The van der Waals surface area contributed by atoms with E-state index in [0.717, 1.165) is 50.1 Å². The Morgan fingerprint density at radius 1 is 1.26 bits per heavy atom. The van der Waals surface area contributed by atoms with Crippen molar-refractivity contribution in [2.75, 3.05) is 31.1 Å². The molecule has 102 valence electrons. The third kappa shape index (κ3) is 2.49. The lowest BCUT2D eigenvalue weighted by molar-refractivity contribution is 0.247. The lowest BCUT2D eigenvalue weighted by Gasteiger charge is -2.34. The first-order valence-electron chi connectivity index (χ1n) is 6.62. The summed E-state index contributed by atoms with van der Waals surface area (Å²) in [5, 5.41) is 4.01. The number of piperazine rings is 1. The highest BCUT2D eigenvalue weighted by molar-refractivity contribution is 5.30. The number of aryl methyl sites for hydroxylation is 2. The fraction of sp³-hybridized carbons (Fsp3) is 0.538. The first-order chi connectivity index (χ1) is 9.24. The monoisotopic (exact) mass is 261 g/mol. The van der Waals surface area contributed by atoms with Crippen LogP contribution in [0.1, 0.15) is 17.0 Å². The molecule has 0 atom stereocenters. The average Bonchev–Trinajstić information content (AvgIpc) is 3.05. The number of aromatic nitrogens is 3. The van der Waals surface area contributed by atoms with Crippen LogP contribution < -0.4 is 4.90 Å². The van der Waals surface area contributed by atoms with Crippen LogP contribution in [0.4, 0.5) is 5.95 Å². The van der Waals surface area contributed by atoms with E-state index in [1.807, 2.05) is 20.0 Å². The Morgan fingerprint density at radius 3 is 2.63 bits per heavy atom. The summed E-state index contributed by atoms with van der Waals surface area (Å²) in [4.78, 5) is 12.2. The van der Waals surface area contributed by atoms with Crippen molar-refractivity contribution < 1.29 is 4.52 Å². The molecule has 1 aliphatic heterocycles. The van der Waals surface area contributed by atoms with E-state index >= 15 is 0 Å². The highest BCUT2D eigenvalue weighted by Crippen LogP contribution is 2.17. The number of hydrogen-bond acceptors (Lipinski definition) is 5. The number of nitrogens with one attached hydrogen (secondary N) is 1. The maximum Gasteiger partial charge on any atom is 0.202 e. The lowest BCUT2D eigenvalue weighted by Crippen LogP contribution is -2.46. The molecule has 3 rings (SSSR count). The zero-order valence-electron chi connectivity index (χ0n) is 11.4. The van der Waals surface area contributed by atoms with Crippen LogP contribution in [-0.4, -0.2) is 46.2 Å². The van der Waals surface area contributed by atoms with Crippen LogP contribution in [-0.2, 0) is 6.54 Å². The molecular formula is C13H19N5O. The van der Waals surface area contributed by atoms with Crippen LogP contribution in [0, 0.1) is 13.8 Å². The fourth-order valence-electron chi connectivity index (χ4n) is 2.50. The number of hydrogen-bond donors (Lipinski definition) is 1. The molecule has 1 fully saturated rings. The van der Waals surface area contributed by atoms with Gasteiger partial charge in [-0.1, -0.05) is 5.16 Å². The van der Waals surface area contributed by atoms with Crippen LogP contribution in [0.2, 0.25) is 0 Å². The Hall–Kier alpha value is -1.82. The topological polar surface area (TPSA) is 61.2 Å². The van der Waals surface area contributed by atoms with Crippen LogP contribution in [0.15, 0.2) is 16.9 Å². The second-order valence-electron chi connectivity index (χ2n) is 4.98. The number of H-pyrrole nitrogens is 1. The normalized spacial score (nSPS) is 17.1. The van der Waals surface area contributed by atoms with E-state index in [0.29, 0.717) is 0 Å². The maximum atomic E-state index is 5.21. The van der Waals surface area contributed by atoms with Gasteiger partial charge in [-0.25, -0.2) is 4.98 Å². The molecule has 3 heterocycles. The molecule has 0 aromatic carbocycles. The Labute approximate surface area is 112 Å². The first kappa shape index (κ1) is 12.2. The van der Waals surface area contributed by atoms with Crippen LogP contribution >= 0.6 is 0 Å². The molecule has 6 nitrogen and oxygen atoms in total. The molecule has 1 N–H and O–H groups in total. The summed E-state index contributed by atoms with van der Waals surface area (Å²) in [6, 6.07) is 0. The summed E-state index contributed by atoms with van der Waals surface area (Å²) in [7, 11) is 0. The summed E-state index contributed by atoms with van der Waals surface area (Å²) in [6.45, 7) is 8.97. The molecule has 0 saturated carbocycles. The van der Waals surface area contributed by atoms with Gasteiger partial charge in [-0.05, 0) is 13.8 Å². The Bertz CT molecular complexity index is 506. The molecule has 0 amide bonds. The molecule has 0 aliphatic carbocycles. The molecule has 0 unspecified atom stereocenters. The summed E-state index contributed by atoms with van der Waals surface area (Å²) >= 11 is 0. The van der Waals surface area contributed by atoms with Gasteiger partial charge in [0.15, 0.2) is 0 Å². The summed E-state index contributed by atoms with van der Waals surface area (Å²) in [5.41, 5.74) is 2.23. The first-order valence-corrected chi connectivity index (χ1v) is 6.62. The standard InChI is InChI=1S/C13H19N5O/c1-10-12(11(2)19-16-10)9-17-5-7-18(8-6-17)13-14-3-4-15-13/h3-4H,5-9H2,1-2H3,(H,14,15). The van der Waals surface area contributed by atoms with Crippen LogP contribution in [0.3, 0.4) is 0 Å². The van der Waals surface area contributed by atoms with E-state index in [1.165, 1.54) is 5.56 Å². The van der Waals surface area contributed by atoms with E-state index in [1.54, 1.807) is 6.20 Å². The van der Waals surface area contributed by atoms with Crippen molar-refractivity contribution in [3.8, 4) is 0 Å². The van der Waals surface area contributed by atoms with Crippen molar-refractivity contribution >= 4 is 5.95 Å². The third-order valence-electron chi connectivity index (χ3n) is 3.72. The second-order valence-corrected chi connectivity index (χ2v) is 4.98. The highest BCUT2D eigenvalue weighted by atomic mass is 16.5. The minimum Gasteiger partial charge on any atom is -0.361 e. The molecule has 1 saturated heterocycles. The molecule has 0 radical (unpaired) electrons. The Kier molecular flexibility index (Phi) is 3.25. The average molecular weight is 261 g/mol. The van der Waals surface area contributed by atoms with Crippen molar-refractivity contribution in [1.29, 1.82) is 0 Å². The molecule has 6 heteroatoms. The van der Waals surface area contributed by atoms with Crippen molar-refractivity contribution in [3.63, 3.8) is 0 Å². The summed E-state index contributed by atoms with van der Waals surface area (Å²) < 4.78 is 5.21. The quantitative estimate of drug-likeness (QED) is 0.903. The molecular weight excluding hydrogens is 242 g/mol. The zero-order chi connectivity index (χ0) is 13.2. The predicted molar refractivity (Wildman–Crippen MR) is 72.1 cm³/mol. The van der Waals surface area contributed by atoms with Crippen molar-refractivity contribution in [2.45, 2.75) is 20.4 Å². The van der Waals surface area contributed by atoms with E-state index in [2.05, 4.69) is 24.9 Å². The lowest BCUT2D eigenvalue weighted by atomic mass is 10.2. The number of rotatable bonds is 3. The van der Waals surface area contributed by atoms with Gasteiger partial charge >= 0.3 is 0 Å². The van der Waals surface area contributed by atoms with E-state index < -0.39 is 0 Å². The molecule has 2 aromatic heterocycles. The SMILES string of the molecule is Cc1noc(C)c1CN1CCN(c2ncc[nH]2)CC1. The number of anilines is 1. The van der Waals surface area contributed by atoms with Gasteiger partial charge in [-0.2, -0.15) is 0 Å². The van der Waals surface area contributed by atoms with Crippen molar-refractivity contribution in [1.82, 2.24) is 20.0 Å². The molecule has 2 aromatic rings. The summed E-state index contributed by atoms with van der Waals surface area (Å²) in [6.07, 6.45) is 3.66. The van der Waals surface area contributed by atoms with E-state index in [4.69, 9.17) is 4.52 Å². The second kappa shape index (κ2) is 5.05.